The van der Waals surface area contributed by atoms with Gasteiger partial charge in [-0.05, 0) is 61.9 Å². The molecule has 3 heteroatoms. The molecule has 0 radical (unpaired) electrons. The van der Waals surface area contributed by atoms with Crippen molar-refractivity contribution in [1.29, 1.82) is 0 Å². The molecule has 0 saturated carbocycles. The molecule has 0 aliphatic carbocycles. The van der Waals surface area contributed by atoms with Crippen LogP contribution in [0.4, 0.5) is 0 Å². The largest absolute Gasteiger partial charge is 0.504 e. The van der Waals surface area contributed by atoms with E-state index in [4.69, 9.17) is 4.74 Å². The Labute approximate surface area is 109 Å². The third kappa shape index (κ3) is 2.96. The minimum Gasteiger partial charge on any atom is -0.504 e. The van der Waals surface area contributed by atoms with Crippen molar-refractivity contribution in [3.63, 3.8) is 0 Å². The summed E-state index contributed by atoms with van der Waals surface area (Å²) in [5.41, 5.74) is 2.27. The van der Waals surface area contributed by atoms with Crippen molar-refractivity contribution in [1.82, 2.24) is 5.32 Å². The van der Waals surface area contributed by atoms with E-state index in [0.29, 0.717) is 17.4 Å². The monoisotopic (exact) mass is 249 g/mol. The zero-order valence-corrected chi connectivity index (χ0v) is 11.3. The van der Waals surface area contributed by atoms with Crippen molar-refractivity contribution >= 4 is 0 Å². The van der Waals surface area contributed by atoms with E-state index in [1.807, 2.05) is 6.07 Å². The highest BCUT2D eigenvalue weighted by Gasteiger charge is 2.17. The van der Waals surface area contributed by atoms with E-state index < -0.39 is 0 Å². The predicted octanol–water partition coefficient (Wildman–Crippen LogP) is 2.51. The van der Waals surface area contributed by atoms with Gasteiger partial charge in [-0.2, -0.15) is 0 Å². The maximum Gasteiger partial charge on any atom is 0.161 e. The van der Waals surface area contributed by atoms with Crippen LogP contribution in [-0.2, 0) is 12.8 Å². The van der Waals surface area contributed by atoms with E-state index >= 15 is 0 Å². The number of phenolic OH excluding ortho intramolecular Hbond substituents is 1. The van der Waals surface area contributed by atoms with Gasteiger partial charge in [0.2, 0.25) is 0 Å². The molecule has 2 rings (SSSR count). The Kier molecular flexibility index (Phi) is 4.48. The van der Waals surface area contributed by atoms with Gasteiger partial charge in [0.15, 0.2) is 11.5 Å². The van der Waals surface area contributed by atoms with Crippen molar-refractivity contribution < 1.29 is 9.84 Å². The Morgan fingerprint density at radius 3 is 2.67 bits per heavy atom. The van der Waals surface area contributed by atoms with E-state index in [0.717, 1.165) is 31.5 Å². The summed E-state index contributed by atoms with van der Waals surface area (Å²) in [7, 11) is 1.61. The summed E-state index contributed by atoms with van der Waals surface area (Å²) < 4.78 is 5.25. The number of ether oxygens (including phenoxy) is 1. The Morgan fingerprint density at radius 1 is 1.33 bits per heavy atom. The molecular formula is C15H23NO2. The number of hydrogen-bond acceptors (Lipinski definition) is 3. The Bertz CT molecular complexity index is 398. The number of aromatic hydroxyl groups is 1. The van der Waals surface area contributed by atoms with Gasteiger partial charge >= 0.3 is 0 Å². The van der Waals surface area contributed by atoms with Crippen LogP contribution in [0, 0.1) is 5.92 Å². The number of benzene rings is 1. The second kappa shape index (κ2) is 6.10. The molecule has 0 spiro atoms. The molecule has 100 valence electrons. The lowest BCUT2D eigenvalue weighted by atomic mass is 9.89. The summed E-state index contributed by atoms with van der Waals surface area (Å²) in [6, 6.07) is 4.06. The molecule has 2 N–H and O–H groups in total. The molecular weight excluding hydrogens is 226 g/mol. The molecule has 0 bridgehead atoms. The average Bonchev–Trinajstić information content (AvgIpc) is 2.42. The van der Waals surface area contributed by atoms with Gasteiger partial charge in [-0.1, -0.05) is 13.0 Å². The topological polar surface area (TPSA) is 41.5 Å². The lowest BCUT2D eigenvalue weighted by Crippen LogP contribution is -2.28. The van der Waals surface area contributed by atoms with E-state index in [-0.39, 0.29) is 0 Å². The van der Waals surface area contributed by atoms with Crippen LogP contribution in [0.15, 0.2) is 12.1 Å². The minimum absolute atomic E-state index is 0.327. The number of nitrogens with one attached hydrogen (secondary N) is 1. The Hall–Kier alpha value is -1.22. The van der Waals surface area contributed by atoms with E-state index in [1.165, 1.54) is 18.4 Å². The second-order valence-corrected chi connectivity index (χ2v) is 5.06. The first-order valence-electron chi connectivity index (χ1n) is 6.84. The van der Waals surface area contributed by atoms with Crippen LogP contribution in [-0.4, -0.2) is 25.3 Å². The molecule has 1 aromatic carbocycles. The van der Waals surface area contributed by atoms with Crippen LogP contribution < -0.4 is 10.1 Å². The number of piperidine rings is 1. The molecule has 0 amide bonds. The lowest BCUT2D eigenvalue weighted by molar-refractivity contribution is 0.351. The van der Waals surface area contributed by atoms with Crippen LogP contribution in [0.2, 0.25) is 0 Å². The number of rotatable bonds is 4. The first-order chi connectivity index (χ1) is 8.74. The molecule has 18 heavy (non-hydrogen) atoms. The number of aryl methyl sites for hydroxylation is 1. The van der Waals surface area contributed by atoms with Gasteiger partial charge in [0.25, 0.3) is 0 Å². The fraction of sp³-hybridized carbons (Fsp3) is 0.600. The summed E-state index contributed by atoms with van der Waals surface area (Å²) in [5.74, 6) is 1.61. The summed E-state index contributed by atoms with van der Waals surface area (Å²) in [5, 5.41) is 13.6. The molecule has 0 aromatic heterocycles. The third-order valence-corrected chi connectivity index (χ3v) is 3.81. The predicted molar refractivity (Wildman–Crippen MR) is 73.3 cm³/mol. The van der Waals surface area contributed by atoms with Gasteiger partial charge in [-0.3, -0.25) is 0 Å². The normalized spacial score (nSPS) is 16.8. The van der Waals surface area contributed by atoms with E-state index in [1.54, 1.807) is 7.11 Å². The zero-order valence-electron chi connectivity index (χ0n) is 11.3. The number of methoxy groups -OCH3 is 1. The molecule has 1 fully saturated rings. The van der Waals surface area contributed by atoms with E-state index in [9.17, 15) is 5.11 Å². The van der Waals surface area contributed by atoms with Crippen molar-refractivity contribution in [2.45, 2.75) is 32.6 Å². The Morgan fingerprint density at radius 2 is 2.06 bits per heavy atom. The first kappa shape index (κ1) is 13.2. The van der Waals surface area contributed by atoms with Crippen LogP contribution in [0.25, 0.3) is 0 Å². The van der Waals surface area contributed by atoms with Crippen LogP contribution >= 0.6 is 0 Å². The average molecular weight is 249 g/mol. The van der Waals surface area contributed by atoms with Gasteiger partial charge in [0.1, 0.15) is 0 Å². The molecule has 0 atom stereocenters. The van der Waals surface area contributed by atoms with Gasteiger partial charge in [0, 0.05) is 0 Å². The van der Waals surface area contributed by atoms with Gasteiger partial charge < -0.3 is 15.2 Å². The standard InChI is InChI=1S/C15H23NO2/c1-3-11-8-13(15(17)14(10-11)18-2)9-12-4-6-16-7-5-12/h8,10,12,16-17H,3-7,9H2,1-2H3. The zero-order chi connectivity index (χ0) is 13.0. The SMILES string of the molecule is CCc1cc(CC2CCNCC2)c(O)c(OC)c1. The highest BCUT2D eigenvalue weighted by molar-refractivity contribution is 5.48. The van der Waals surface area contributed by atoms with Gasteiger partial charge in [-0.25, -0.2) is 0 Å². The first-order valence-corrected chi connectivity index (χ1v) is 6.84. The summed E-state index contributed by atoms with van der Waals surface area (Å²) in [4.78, 5) is 0. The highest BCUT2D eigenvalue weighted by Crippen LogP contribution is 2.34. The van der Waals surface area contributed by atoms with Crippen molar-refractivity contribution in [3.8, 4) is 11.5 Å². The third-order valence-electron chi connectivity index (χ3n) is 3.81. The fourth-order valence-electron chi connectivity index (χ4n) is 2.64. The second-order valence-electron chi connectivity index (χ2n) is 5.06. The molecule has 3 nitrogen and oxygen atoms in total. The maximum absolute atomic E-state index is 10.2. The smallest absolute Gasteiger partial charge is 0.161 e. The lowest BCUT2D eigenvalue weighted by Gasteiger charge is -2.23. The van der Waals surface area contributed by atoms with Crippen LogP contribution in [0.3, 0.4) is 0 Å². The number of hydrogen-bond donors (Lipinski definition) is 2. The highest BCUT2D eigenvalue weighted by atomic mass is 16.5. The van der Waals surface area contributed by atoms with Crippen LogP contribution in [0.1, 0.15) is 30.9 Å². The van der Waals surface area contributed by atoms with Crippen molar-refractivity contribution in [2.24, 2.45) is 5.92 Å². The quantitative estimate of drug-likeness (QED) is 0.861. The Balaban J connectivity index is 2.19. The fourth-order valence-corrected chi connectivity index (χ4v) is 2.64. The molecule has 1 aliphatic rings. The molecule has 1 heterocycles. The van der Waals surface area contributed by atoms with Crippen LogP contribution in [0.5, 0.6) is 11.5 Å². The maximum atomic E-state index is 10.2. The molecule has 1 saturated heterocycles. The molecule has 1 aromatic rings. The van der Waals surface area contributed by atoms with Gasteiger partial charge in [0.05, 0.1) is 7.11 Å². The summed E-state index contributed by atoms with van der Waals surface area (Å²) in [6.07, 6.45) is 4.31. The van der Waals surface area contributed by atoms with Gasteiger partial charge in [-0.15, -0.1) is 0 Å². The van der Waals surface area contributed by atoms with Crippen molar-refractivity contribution in [3.05, 3.63) is 23.3 Å². The molecule has 0 unspecified atom stereocenters. The molecule has 1 aliphatic heterocycles. The van der Waals surface area contributed by atoms with E-state index in [2.05, 4.69) is 18.3 Å². The summed E-state index contributed by atoms with van der Waals surface area (Å²) in [6.45, 7) is 4.31. The van der Waals surface area contributed by atoms with Crippen molar-refractivity contribution in [2.75, 3.05) is 20.2 Å². The minimum atomic E-state index is 0.327. The number of phenols is 1. The summed E-state index contributed by atoms with van der Waals surface area (Å²) >= 11 is 0.